The molecule has 0 heterocycles. The summed E-state index contributed by atoms with van der Waals surface area (Å²) >= 11 is 0. The van der Waals surface area contributed by atoms with E-state index in [0.29, 0.717) is 13.2 Å². The molecule has 0 aliphatic rings. The number of carbonyl (C=O) groups is 1. The zero-order chi connectivity index (χ0) is 23.1. The third-order valence-electron chi connectivity index (χ3n) is 4.66. The lowest BCUT2D eigenvalue weighted by molar-refractivity contribution is -0.121. The average Bonchev–Trinajstić information content (AvgIpc) is 2.68. The number of carbonyl (C=O) groups excluding carboxylic acids is 1. The van der Waals surface area contributed by atoms with Crippen LogP contribution < -0.4 is 14.4 Å². The molecule has 0 fully saturated rings. The molecule has 0 unspecified atom stereocenters. The summed E-state index contributed by atoms with van der Waals surface area (Å²) in [6.07, 6.45) is 1.41. The van der Waals surface area contributed by atoms with Crippen LogP contribution in [-0.2, 0) is 20.2 Å². The van der Waals surface area contributed by atoms with Crippen molar-refractivity contribution in [3.8, 4) is 5.75 Å². The van der Waals surface area contributed by atoms with Crippen molar-refractivity contribution in [2.24, 2.45) is 0 Å². The van der Waals surface area contributed by atoms with Gasteiger partial charge in [0.2, 0.25) is 15.9 Å². The first-order valence-corrected chi connectivity index (χ1v) is 12.1. The maximum Gasteiger partial charge on any atom is 0.232 e. The van der Waals surface area contributed by atoms with E-state index < -0.39 is 15.8 Å². The molecule has 0 atom stereocenters. The summed E-state index contributed by atoms with van der Waals surface area (Å²) < 4.78 is 44.9. The van der Waals surface area contributed by atoms with Gasteiger partial charge in [-0.25, -0.2) is 12.8 Å². The van der Waals surface area contributed by atoms with Crippen LogP contribution in [0, 0.1) is 5.82 Å². The first-order chi connectivity index (χ1) is 14.5. The molecular weight excluding hydrogens is 419 g/mol. The third kappa shape index (κ3) is 7.54. The summed E-state index contributed by atoms with van der Waals surface area (Å²) in [6, 6.07) is 13.5. The van der Waals surface area contributed by atoms with Crippen LogP contribution in [0.25, 0.3) is 0 Å². The molecule has 170 valence electrons. The molecule has 0 bridgehead atoms. The van der Waals surface area contributed by atoms with Gasteiger partial charge in [-0.1, -0.05) is 51.1 Å². The summed E-state index contributed by atoms with van der Waals surface area (Å²) in [6.45, 7) is 7.00. The van der Waals surface area contributed by atoms with Crippen LogP contribution in [-0.4, -0.2) is 40.3 Å². The van der Waals surface area contributed by atoms with E-state index in [-0.39, 0.29) is 36.4 Å². The van der Waals surface area contributed by atoms with Crippen LogP contribution in [0.5, 0.6) is 5.75 Å². The Kier molecular flexibility index (Phi) is 8.44. The molecular formula is C23H31FN2O4S. The molecule has 0 aromatic heterocycles. The molecule has 8 heteroatoms. The zero-order valence-electron chi connectivity index (χ0n) is 18.5. The lowest BCUT2D eigenvalue weighted by Gasteiger charge is -2.23. The zero-order valence-corrected chi connectivity index (χ0v) is 19.3. The van der Waals surface area contributed by atoms with Crippen molar-refractivity contribution < 1.29 is 22.3 Å². The smallest absolute Gasteiger partial charge is 0.232 e. The van der Waals surface area contributed by atoms with E-state index in [9.17, 15) is 17.6 Å². The van der Waals surface area contributed by atoms with E-state index >= 15 is 0 Å². The first-order valence-electron chi connectivity index (χ1n) is 10.2. The molecule has 2 aromatic rings. The molecule has 1 amide bonds. The van der Waals surface area contributed by atoms with Gasteiger partial charge in [-0.05, 0) is 35.6 Å². The summed E-state index contributed by atoms with van der Waals surface area (Å²) in [5.74, 6) is -0.0438. The van der Waals surface area contributed by atoms with Crippen LogP contribution in [0.1, 0.15) is 39.2 Å². The topological polar surface area (TPSA) is 75.7 Å². The Hall–Kier alpha value is -2.61. The van der Waals surface area contributed by atoms with Gasteiger partial charge in [-0.15, -0.1) is 0 Å². The number of amides is 1. The van der Waals surface area contributed by atoms with Crippen LogP contribution in [0.2, 0.25) is 0 Å². The second kappa shape index (κ2) is 10.6. The molecule has 31 heavy (non-hydrogen) atoms. The van der Waals surface area contributed by atoms with E-state index in [4.69, 9.17) is 4.74 Å². The van der Waals surface area contributed by atoms with Gasteiger partial charge in [0.05, 0.1) is 18.5 Å². The fourth-order valence-electron chi connectivity index (χ4n) is 3.15. The molecule has 2 rings (SSSR count). The number of para-hydroxylation sites is 2. The molecule has 0 aliphatic heterocycles. The van der Waals surface area contributed by atoms with Crippen molar-refractivity contribution in [2.45, 2.75) is 39.0 Å². The van der Waals surface area contributed by atoms with Crippen molar-refractivity contribution in [3.63, 3.8) is 0 Å². The van der Waals surface area contributed by atoms with Gasteiger partial charge in [0.15, 0.2) is 0 Å². The standard InChI is InChI=1S/C23H31FN2O4S/c1-23(2,3)18-10-5-8-13-21(18)30-17-15-25-22(27)14-9-16-26(31(4,28)29)20-12-7-6-11-19(20)24/h5-8,10-13H,9,14-17H2,1-4H3,(H,25,27). The minimum absolute atomic E-state index is 0.0165. The fraction of sp³-hybridized carbons (Fsp3) is 0.435. The predicted octanol–water partition coefficient (Wildman–Crippen LogP) is 3.86. The quantitative estimate of drug-likeness (QED) is 0.558. The van der Waals surface area contributed by atoms with E-state index in [1.54, 1.807) is 6.07 Å². The lowest BCUT2D eigenvalue weighted by atomic mass is 9.86. The molecule has 2 aromatic carbocycles. The van der Waals surface area contributed by atoms with Gasteiger partial charge in [0.1, 0.15) is 18.2 Å². The number of nitrogens with one attached hydrogen (secondary N) is 1. The van der Waals surface area contributed by atoms with Gasteiger partial charge >= 0.3 is 0 Å². The van der Waals surface area contributed by atoms with E-state index in [1.165, 1.54) is 18.2 Å². The Balaban J connectivity index is 1.80. The predicted molar refractivity (Wildman–Crippen MR) is 121 cm³/mol. The number of rotatable bonds is 10. The molecule has 0 spiro atoms. The van der Waals surface area contributed by atoms with Crippen LogP contribution in [0.4, 0.5) is 10.1 Å². The third-order valence-corrected chi connectivity index (χ3v) is 5.84. The number of halogens is 1. The maximum atomic E-state index is 14.0. The van der Waals surface area contributed by atoms with Gasteiger partial charge in [0, 0.05) is 13.0 Å². The highest BCUT2D eigenvalue weighted by atomic mass is 32.2. The second-order valence-corrected chi connectivity index (χ2v) is 10.2. The normalized spacial score (nSPS) is 11.8. The van der Waals surface area contributed by atoms with Gasteiger partial charge in [0.25, 0.3) is 0 Å². The Morgan fingerprint density at radius 2 is 1.74 bits per heavy atom. The Morgan fingerprint density at radius 3 is 2.39 bits per heavy atom. The number of benzene rings is 2. The molecule has 0 aliphatic carbocycles. The molecule has 0 radical (unpaired) electrons. The van der Waals surface area contributed by atoms with Crippen molar-refractivity contribution in [1.82, 2.24) is 5.32 Å². The second-order valence-electron chi connectivity index (χ2n) is 8.33. The summed E-state index contributed by atoms with van der Waals surface area (Å²) in [5.41, 5.74) is 1.02. The monoisotopic (exact) mass is 450 g/mol. The molecule has 0 saturated carbocycles. The lowest BCUT2D eigenvalue weighted by Crippen LogP contribution is -2.33. The van der Waals surface area contributed by atoms with E-state index in [0.717, 1.165) is 21.9 Å². The molecule has 6 nitrogen and oxygen atoms in total. The first kappa shape index (κ1) is 24.7. The summed E-state index contributed by atoms with van der Waals surface area (Å²) in [7, 11) is -3.66. The molecule has 1 N–H and O–H groups in total. The average molecular weight is 451 g/mol. The van der Waals surface area contributed by atoms with Crippen molar-refractivity contribution in [1.29, 1.82) is 0 Å². The SMILES string of the molecule is CC(C)(C)c1ccccc1OCCNC(=O)CCCN(c1ccccc1F)S(C)(=O)=O. The molecule has 0 saturated heterocycles. The van der Waals surface area contributed by atoms with Crippen LogP contribution in [0.3, 0.4) is 0 Å². The van der Waals surface area contributed by atoms with Crippen LogP contribution in [0.15, 0.2) is 48.5 Å². The van der Waals surface area contributed by atoms with Crippen molar-refractivity contribution in [2.75, 3.05) is 30.3 Å². The highest BCUT2D eigenvalue weighted by molar-refractivity contribution is 7.92. The summed E-state index contributed by atoms with van der Waals surface area (Å²) in [4.78, 5) is 12.1. The minimum atomic E-state index is -3.66. The number of anilines is 1. The number of nitrogens with zero attached hydrogens (tertiary/aromatic N) is 1. The van der Waals surface area contributed by atoms with Gasteiger partial charge < -0.3 is 10.1 Å². The van der Waals surface area contributed by atoms with Gasteiger partial charge in [-0.2, -0.15) is 0 Å². The number of hydrogen-bond acceptors (Lipinski definition) is 4. The summed E-state index contributed by atoms with van der Waals surface area (Å²) in [5, 5.41) is 2.77. The van der Waals surface area contributed by atoms with Crippen LogP contribution >= 0.6 is 0 Å². The van der Waals surface area contributed by atoms with Gasteiger partial charge in [-0.3, -0.25) is 9.10 Å². The van der Waals surface area contributed by atoms with E-state index in [1.807, 2.05) is 24.3 Å². The highest BCUT2D eigenvalue weighted by Crippen LogP contribution is 2.30. The minimum Gasteiger partial charge on any atom is -0.491 e. The van der Waals surface area contributed by atoms with Crippen molar-refractivity contribution in [3.05, 3.63) is 59.9 Å². The number of hydrogen-bond donors (Lipinski definition) is 1. The number of sulfonamides is 1. The Labute approximate surface area is 184 Å². The van der Waals surface area contributed by atoms with Crippen molar-refractivity contribution >= 4 is 21.6 Å². The Bertz CT molecular complexity index is 987. The number of ether oxygens (including phenoxy) is 1. The largest absolute Gasteiger partial charge is 0.491 e. The van der Waals surface area contributed by atoms with E-state index in [2.05, 4.69) is 26.1 Å². The fourth-order valence-corrected chi connectivity index (χ4v) is 4.12. The Morgan fingerprint density at radius 1 is 1.10 bits per heavy atom. The highest BCUT2D eigenvalue weighted by Gasteiger charge is 2.21. The maximum absolute atomic E-state index is 14.0.